The van der Waals surface area contributed by atoms with Crippen LogP contribution < -0.4 is 0 Å². The van der Waals surface area contributed by atoms with Crippen LogP contribution in [0.4, 0.5) is 4.79 Å². The summed E-state index contributed by atoms with van der Waals surface area (Å²) in [4.78, 5) is 26.2. The lowest BCUT2D eigenvalue weighted by atomic mass is 10.1. The van der Waals surface area contributed by atoms with E-state index in [9.17, 15) is 14.7 Å². The Morgan fingerprint density at radius 3 is 2.70 bits per heavy atom. The fourth-order valence-electron chi connectivity index (χ4n) is 2.41. The number of methoxy groups -OCH3 is 1. The molecule has 0 spiro atoms. The first-order valence-electron chi connectivity index (χ1n) is 6.97. The fourth-order valence-corrected chi connectivity index (χ4v) is 2.41. The SMILES string of the molecule is COCCN(CC(=O)O)C(=O)N1CCCCCC1CO. The number of hydrogen-bond acceptors (Lipinski definition) is 4. The monoisotopic (exact) mass is 288 g/mol. The first-order chi connectivity index (χ1) is 9.60. The first kappa shape index (κ1) is 16.7. The van der Waals surface area contributed by atoms with Gasteiger partial charge < -0.3 is 24.7 Å². The zero-order valence-electron chi connectivity index (χ0n) is 12.0. The van der Waals surface area contributed by atoms with Crippen molar-refractivity contribution in [2.24, 2.45) is 0 Å². The molecule has 1 heterocycles. The first-order valence-corrected chi connectivity index (χ1v) is 6.97. The van der Waals surface area contributed by atoms with Crippen LogP contribution in [0.3, 0.4) is 0 Å². The lowest BCUT2D eigenvalue weighted by Gasteiger charge is -2.33. The molecule has 0 aliphatic carbocycles. The maximum atomic E-state index is 12.5. The van der Waals surface area contributed by atoms with Gasteiger partial charge in [-0.15, -0.1) is 0 Å². The molecule has 1 atom stereocenters. The summed E-state index contributed by atoms with van der Waals surface area (Å²) in [7, 11) is 1.51. The summed E-state index contributed by atoms with van der Waals surface area (Å²) < 4.78 is 4.91. The highest BCUT2D eigenvalue weighted by molar-refractivity contribution is 5.80. The molecule has 1 saturated heterocycles. The van der Waals surface area contributed by atoms with E-state index in [2.05, 4.69) is 0 Å². The van der Waals surface area contributed by atoms with Crippen LogP contribution in [0.5, 0.6) is 0 Å². The average molecular weight is 288 g/mol. The molecule has 2 N–H and O–H groups in total. The molecule has 116 valence electrons. The minimum atomic E-state index is -1.05. The third-order valence-corrected chi connectivity index (χ3v) is 3.50. The molecule has 0 bridgehead atoms. The predicted molar refractivity (Wildman–Crippen MR) is 72.5 cm³/mol. The number of ether oxygens (including phenoxy) is 1. The smallest absolute Gasteiger partial charge is 0.323 e. The molecule has 1 fully saturated rings. The highest BCUT2D eigenvalue weighted by Gasteiger charge is 2.29. The third kappa shape index (κ3) is 4.97. The highest BCUT2D eigenvalue weighted by atomic mass is 16.5. The van der Waals surface area contributed by atoms with Gasteiger partial charge in [-0.3, -0.25) is 4.79 Å². The molecule has 0 aromatic carbocycles. The van der Waals surface area contributed by atoms with Gasteiger partial charge in [-0.1, -0.05) is 12.8 Å². The second-order valence-corrected chi connectivity index (χ2v) is 4.97. The maximum absolute atomic E-state index is 12.5. The van der Waals surface area contributed by atoms with Crippen LogP contribution in [0.15, 0.2) is 0 Å². The Morgan fingerprint density at radius 2 is 2.10 bits per heavy atom. The number of carbonyl (C=O) groups is 2. The molecule has 20 heavy (non-hydrogen) atoms. The van der Waals surface area contributed by atoms with Crippen molar-refractivity contribution in [2.45, 2.75) is 31.7 Å². The van der Waals surface area contributed by atoms with Crippen molar-refractivity contribution >= 4 is 12.0 Å². The van der Waals surface area contributed by atoms with E-state index in [1.54, 1.807) is 4.90 Å². The summed E-state index contributed by atoms with van der Waals surface area (Å²) in [6, 6.07) is -0.547. The molecule has 0 aromatic rings. The van der Waals surface area contributed by atoms with Crippen molar-refractivity contribution < 1.29 is 24.5 Å². The number of nitrogens with zero attached hydrogens (tertiary/aromatic N) is 2. The molecule has 1 aliphatic heterocycles. The molecular formula is C13H24N2O5. The van der Waals surface area contributed by atoms with E-state index in [1.807, 2.05) is 0 Å². The summed E-state index contributed by atoms with van der Waals surface area (Å²) in [6.07, 6.45) is 3.64. The van der Waals surface area contributed by atoms with Crippen molar-refractivity contribution in [3.8, 4) is 0 Å². The standard InChI is InChI=1S/C13H24N2O5/c1-20-8-7-14(9-12(17)18)13(19)15-6-4-2-3-5-11(15)10-16/h11,16H,2-10H2,1H3,(H,17,18). The minimum Gasteiger partial charge on any atom is -0.480 e. The molecule has 0 radical (unpaired) electrons. The molecule has 0 aromatic heterocycles. The number of aliphatic hydroxyl groups excluding tert-OH is 1. The van der Waals surface area contributed by atoms with Crippen molar-refractivity contribution in [3.05, 3.63) is 0 Å². The Kier molecular flexibility index (Phi) is 7.32. The highest BCUT2D eigenvalue weighted by Crippen LogP contribution is 2.18. The van der Waals surface area contributed by atoms with Crippen LogP contribution in [0, 0.1) is 0 Å². The van der Waals surface area contributed by atoms with Crippen molar-refractivity contribution in [2.75, 3.05) is 40.0 Å². The normalized spacial score (nSPS) is 19.5. The summed E-state index contributed by atoms with van der Waals surface area (Å²) in [6.45, 7) is 0.647. The summed E-state index contributed by atoms with van der Waals surface area (Å²) >= 11 is 0. The number of carbonyl (C=O) groups excluding carboxylic acids is 1. The van der Waals surface area contributed by atoms with Crippen LogP contribution in [0.25, 0.3) is 0 Å². The number of aliphatic hydroxyl groups is 1. The number of carboxylic acids is 1. The van der Waals surface area contributed by atoms with E-state index >= 15 is 0 Å². The van der Waals surface area contributed by atoms with Crippen molar-refractivity contribution in [1.82, 2.24) is 9.80 Å². The van der Waals surface area contributed by atoms with Gasteiger partial charge >= 0.3 is 12.0 Å². The Morgan fingerprint density at radius 1 is 1.35 bits per heavy atom. The third-order valence-electron chi connectivity index (χ3n) is 3.50. The number of amides is 2. The van der Waals surface area contributed by atoms with Crippen LogP contribution in [-0.4, -0.2) is 78.0 Å². The molecule has 1 rings (SSSR count). The quantitative estimate of drug-likeness (QED) is 0.737. The van der Waals surface area contributed by atoms with Gasteiger partial charge in [-0.2, -0.15) is 0 Å². The van der Waals surface area contributed by atoms with Crippen LogP contribution in [0.1, 0.15) is 25.7 Å². The average Bonchev–Trinajstić information content (AvgIpc) is 2.67. The van der Waals surface area contributed by atoms with E-state index in [-0.39, 0.29) is 38.4 Å². The summed E-state index contributed by atoms with van der Waals surface area (Å²) in [5.41, 5.74) is 0. The van der Waals surface area contributed by atoms with E-state index in [1.165, 1.54) is 12.0 Å². The second-order valence-electron chi connectivity index (χ2n) is 4.97. The van der Waals surface area contributed by atoms with Gasteiger partial charge in [-0.05, 0) is 12.8 Å². The van der Waals surface area contributed by atoms with E-state index in [4.69, 9.17) is 9.84 Å². The molecule has 0 saturated carbocycles. The molecule has 2 amide bonds. The number of carboxylic acid groups (broad SMARTS) is 1. The van der Waals surface area contributed by atoms with E-state index < -0.39 is 5.97 Å². The van der Waals surface area contributed by atoms with Crippen LogP contribution in [-0.2, 0) is 9.53 Å². The van der Waals surface area contributed by atoms with Gasteiger partial charge in [0.1, 0.15) is 6.54 Å². The van der Waals surface area contributed by atoms with Gasteiger partial charge in [0.25, 0.3) is 0 Å². The summed E-state index contributed by atoms with van der Waals surface area (Å²) in [5, 5.41) is 18.3. The molecular weight excluding hydrogens is 264 g/mol. The lowest BCUT2D eigenvalue weighted by Crippen LogP contribution is -2.51. The number of aliphatic carboxylic acids is 1. The van der Waals surface area contributed by atoms with E-state index in [0.717, 1.165) is 25.7 Å². The van der Waals surface area contributed by atoms with Gasteiger partial charge in [0.15, 0.2) is 0 Å². The fraction of sp³-hybridized carbons (Fsp3) is 0.846. The zero-order valence-corrected chi connectivity index (χ0v) is 12.0. The van der Waals surface area contributed by atoms with Crippen LogP contribution in [0.2, 0.25) is 0 Å². The van der Waals surface area contributed by atoms with Crippen molar-refractivity contribution in [1.29, 1.82) is 0 Å². The molecule has 1 aliphatic rings. The Labute approximate surface area is 119 Å². The van der Waals surface area contributed by atoms with Gasteiger partial charge in [0, 0.05) is 20.2 Å². The second kappa shape index (κ2) is 8.76. The topological polar surface area (TPSA) is 90.3 Å². The zero-order chi connectivity index (χ0) is 15.0. The minimum absolute atomic E-state index is 0.0864. The Hall–Kier alpha value is -1.34. The molecule has 7 nitrogen and oxygen atoms in total. The lowest BCUT2D eigenvalue weighted by molar-refractivity contribution is -0.137. The number of rotatable bonds is 6. The number of hydrogen-bond donors (Lipinski definition) is 2. The van der Waals surface area contributed by atoms with Crippen LogP contribution >= 0.6 is 0 Å². The maximum Gasteiger partial charge on any atom is 0.323 e. The number of urea groups is 1. The van der Waals surface area contributed by atoms with Crippen molar-refractivity contribution in [3.63, 3.8) is 0 Å². The van der Waals surface area contributed by atoms with Gasteiger partial charge in [0.05, 0.1) is 19.3 Å². The Bertz CT molecular complexity index is 324. The predicted octanol–water partition coefficient (Wildman–Crippen LogP) is 0.376. The van der Waals surface area contributed by atoms with Gasteiger partial charge in [-0.25, -0.2) is 4.79 Å². The largest absolute Gasteiger partial charge is 0.480 e. The Balaban J connectivity index is 2.75. The molecule has 1 unspecified atom stereocenters. The summed E-state index contributed by atoms with van der Waals surface area (Å²) in [5.74, 6) is -1.05. The van der Waals surface area contributed by atoms with E-state index in [0.29, 0.717) is 6.54 Å². The molecule has 7 heteroatoms. The van der Waals surface area contributed by atoms with Gasteiger partial charge in [0.2, 0.25) is 0 Å². The number of likely N-dealkylation sites (tertiary alicyclic amines) is 1.